The first-order valence-electron chi connectivity index (χ1n) is 8.14. The summed E-state index contributed by atoms with van der Waals surface area (Å²) < 4.78 is 0. The molecule has 0 saturated carbocycles. The summed E-state index contributed by atoms with van der Waals surface area (Å²) in [4.78, 5) is 13.5. The zero-order valence-electron chi connectivity index (χ0n) is 12.7. The topological polar surface area (TPSA) is 41.1 Å². The van der Waals surface area contributed by atoms with Gasteiger partial charge < -0.3 is 10.6 Å². The molecular weight excluding hydrogens is 316 g/mol. The maximum absolute atomic E-state index is 12.3. The van der Waals surface area contributed by atoms with E-state index in [0.29, 0.717) is 12.3 Å². The van der Waals surface area contributed by atoms with Crippen LogP contribution in [0.5, 0.6) is 0 Å². The van der Waals surface area contributed by atoms with Gasteiger partial charge in [-0.1, -0.05) is 11.6 Å². The lowest BCUT2D eigenvalue weighted by Crippen LogP contribution is -2.32. The smallest absolute Gasteiger partial charge is 0.220 e. The average Bonchev–Trinajstić information content (AvgIpc) is 2.54. The summed E-state index contributed by atoms with van der Waals surface area (Å²) in [6.07, 6.45) is 5.04. The number of piperidine rings is 1. The van der Waals surface area contributed by atoms with Crippen LogP contribution in [-0.4, -0.2) is 24.7 Å². The van der Waals surface area contributed by atoms with Crippen LogP contribution in [-0.2, 0) is 4.79 Å². The van der Waals surface area contributed by atoms with E-state index in [1.54, 1.807) is 0 Å². The highest BCUT2D eigenvalue weighted by Gasteiger charge is 2.23. The predicted molar refractivity (Wildman–Crippen MR) is 92.5 cm³/mol. The van der Waals surface area contributed by atoms with Crippen LogP contribution < -0.4 is 10.6 Å². The molecule has 0 spiro atoms. The molecule has 22 heavy (non-hydrogen) atoms. The zero-order valence-corrected chi connectivity index (χ0v) is 14.3. The second-order valence-electron chi connectivity index (χ2n) is 6.17. The van der Waals surface area contributed by atoms with Gasteiger partial charge in [-0.05, 0) is 68.5 Å². The molecule has 2 aliphatic heterocycles. The van der Waals surface area contributed by atoms with Gasteiger partial charge in [-0.2, -0.15) is 0 Å². The van der Waals surface area contributed by atoms with Gasteiger partial charge in [0.1, 0.15) is 0 Å². The minimum absolute atomic E-state index is 0.121. The molecule has 3 rings (SSSR count). The highest BCUT2D eigenvalue weighted by atomic mass is 35.5. The quantitative estimate of drug-likeness (QED) is 0.878. The summed E-state index contributed by atoms with van der Waals surface area (Å²) in [5.41, 5.74) is 1.18. The summed E-state index contributed by atoms with van der Waals surface area (Å²) in [6, 6.07) is 6.11. The van der Waals surface area contributed by atoms with E-state index in [1.807, 2.05) is 23.9 Å². The molecule has 2 heterocycles. The van der Waals surface area contributed by atoms with Crippen molar-refractivity contribution in [3.05, 3.63) is 28.8 Å². The number of fused-ring (bicyclic) bond motifs is 1. The molecule has 2 aliphatic rings. The molecule has 1 aromatic carbocycles. The molecule has 5 heteroatoms. The molecule has 0 radical (unpaired) electrons. The van der Waals surface area contributed by atoms with E-state index in [9.17, 15) is 4.79 Å². The molecule has 2 N–H and O–H groups in total. The maximum atomic E-state index is 12.3. The van der Waals surface area contributed by atoms with Gasteiger partial charge in [-0.3, -0.25) is 4.79 Å². The van der Waals surface area contributed by atoms with Gasteiger partial charge >= 0.3 is 0 Å². The minimum atomic E-state index is 0.121. The second-order valence-corrected chi connectivity index (χ2v) is 7.74. The molecule has 1 fully saturated rings. The Morgan fingerprint density at radius 1 is 1.32 bits per heavy atom. The summed E-state index contributed by atoms with van der Waals surface area (Å²) in [6.45, 7) is 2.19. The molecule has 1 saturated heterocycles. The Labute approximate surface area is 141 Å². The lowest BCUT2D eigenvalue weighted by atomic mass is 9.93. The number of hydrogen-bond acceptors (Lipinski definition) is 3. The average molecular weight is 339 g/mol. The van der Waals surface area contributed by atoms with Crippen molar-refractivity contribution < 1.29 is 4.79 Å². The molecule has 1 atom stereocenters. The molecule has 0 aliphatic carbocycles. The van der Waals surface area contributed by atoms with Crippen molar-refractivity contribution in [2.24, 2.45) is 5.92 Å². The highest BCUT2D eigenvalue weighted by Crippen LogP contribution is 2.37. The van der Waals surface area contributed by atoms with E-state index in [1.165, 1.54) is 23.3 Å². The Kier molecular flexibility index (Phi) is 5.66. The van der Waals surface area contributed by atoms with E-state index in [0.717, 1.165) is 36.7 Å². The monoisotopic (exact) mass is 338 g/mol. The van der Waals surface area contributed by atoms with Crippen LogP contribution in [0.4, 0.5) is 0 Å². The SMILES string of the molecule is O=C(CCC1CCNCC1)NC1CCSc2ccc(Cl)cc21. The van der Waals surface area contributed by atoms with Gasteiger partial charge in [-0.15, -0.1) is 11.8 Å². The number of nitrogens with one attached hydrogen (secondary N) is 2. The summed E-state index contributed by atoms with van der Waals surface area (Å²) in [5.74, 6) is 1.94. The molecule has 1 unspecified atom stereocenters. The van der Waals surface area contributed by atoms with Crippen LogP contribution in [0.1, 0.15) is 43.7 Å². The van der Waals surface area contributed by atoms with Crippen molar-refractivity contribution in [1.82, 2.24) is 10.6 Å². The van der Waals surface area contributed by atoms with Gasteiger partial charge in [0, 0.05) is 22.1 Å². The fraction of sp³-hybridized carbons (Fsp3) is 0.588. The fourth-order valence-electron chi connectivity index (χ4n) is 3.29. The molecule has 1 amide bonds. The lowest BCUT2D eigenvalue weighted by Gasteiger charge is -2.27. The van der Waals surface area contributed by atoms with E-state index < -0.39 is 0 Å². The number of thioether (sulfide) groups is 1. The van der Waals surface area contributed by atoms with Crippen molar-refractivity contribution in [2.45, 2.75) is 43.0 Å². The fourth-order valence-corrected chi connectivity index (χ4v) is 4.57. The molecular formula is C17H23ClN2OS. The summed E-state index contributed by atoms with van der Waals surface area (Å²) >= 11 is 7.96. The third-order valence-electron chi connectivity index (χ3n) is 4.58. The molecule has 3 nitrogen and oxygen atoms in total. The minimum Gasteiger partial charge on any atom is -0.349 e. The standard InChI is InChI=1S/C17H23ClN2OS/c18-13-2-3-16-14(11-13)15(7-10-22-16)20-17(21)4-1-12-5-8-19-9-6-12/h2-3,11-12,15,19H,1,4-10H2,(H,20,21). The number of rotatable bonds is 4. The van der Waals surface area contributed by atoms with Crippen molar-refractivity contribution in [3.8, 4) is 0 Å². The Bertz CT molecular complexity index is 531. The number of hydrogen-bond donors (Lipinski definition) is 2. The van der Waals surface area contributed by atoms with E-state index in [2.05, 4.69) is 16.7 Å². The number of amides is 1. The van der Waals surface area contributed by atoms with Crippen LogP contribution in [0.25, 0.3) is 0 Å². The van der Waals surface area contributed by atoms with Crippen LogP contribution in [0.2, 0.25) is 5.02 Å². The third kappa shape index (κ3) is 4.18. The van der Waals surface area contributed by atoms with Crippen LogP contribution >= 0.6 is 23.4 Å². The molecule has 120 valence electrons. The van der Waals surface area contributed by atoms with Crippen molar-refractivity contribution >= 4 is 29.3 Å². The summed E-state index contributed by atoms with van der Waals surface area (Å²) in [7, 11) is 0. The first-order chi connectivity index (χ1) is 10.7. The zero-order chi connectivity index (χ0) is 15.4. The lowest BCUT2D eigenvalue weighted by molar-refractivity contribution is -0.122. The number of carbonyl (C=O) groups is 1. The van der Waals surface area contributed by atoms with Crippen LogP contribution in [0.3, 0.4) is 0 Å². The second kappa shape index (κ2) is 7.71. The largest absolute Gasteiger partial charge is 0.349 e. The van der Waals surface area contributed by atoms with Crippen molar-refractivity contribution in [1.29, 1.82) is 0 Å². The Balaban J connectivity index is 1.54. The summed E-state index contributed by atoms with van der Waals surface area (Å²) in [5, 5.41) is 7.33. The van der Waals surface area contributed by atoms with Crippen LogP contribution in [0, 0.1) is 5.92 Å². The number of benzene rings is 1. The normalized spacial score (nSPS) is 22.1. The predicted octanol–water partition coefficient (Wildman–Crippen LogP) is 3.77. The molecule has 1 aromatic rings. The van der Waals surface area contributed by atoms with E-state index in [4.69, 9.17) is 11.6 Å². The highest BCUT2D eigenvalue weighted by molar-refractivity contribution is 7.99. The Morgan fingerprint density at radius 2 is 2.14 bits per heavy atom. The van der Waals surface area contributed by atoms with Crippen LogP contribution in [0.15, 0.2) is 23.1 Å². The van der Waals surface area contributed by atoms with Gasteiger partial charge in [0.2, 0.25) is 5.91 Å². The van der Waals surface area contributed by atoms with E-state index in [-0.39, 0.29) is 11.9 Å². The molecule has 0 aromatic heterocycles. The van der Waals surface area contributed by atoms with Gasteiger partial charge in [-0.25, -0.2) is 0 Å². The Hall–Kier alpha value is -0.710. The Morgan fingerprint density at radius 3 is 2.95 bits per heavy atom. The molecule has 0 bridgehead atoms. The first-order valence-corrected chi connectivity index (χ1v) is 9.51. The van der Waals surface area contributed by atoms with Crippen molar-refractivity contribution in [3.63, 3.8) is 0 Å². The maximum Gasteiger partial charge on any atom is 0.220 e. The van der Waals surface area contributed by atoms with Gasteiger partial charge in [0.05, 0.1) is 6.04 Å². The van der Waals surface area contributed by atoms with Gasteiger partial charge in [0.15, 0.2) is 0 Å². The number of carbonyl (C=O) groups excluding carboxylic acids is 1. The van der Waals surface area contributed by atoms with Crippen molar-refractivity contribution in [2.75, 3.05) is 18.8 Å². The van der Waals surface area contributed by atoms with Gasteiger partial charge in [0.25, 0.3) is 0 Å². The van der Waals surface area contributed by atoms with E-state index >= 15 is 0 Å². The third-order valence-corrected chi connectivity index (χ3v) is 5.94. The first kappa shape index (κ1) is 16.2. The number of halogens is 1.